The molecule has 8 nitrogen and oxygen atoms in total. The molecule has 1 aromatic heterocycles. The van der Waals surface area contributed by atoms with E-state index in [-0.39, 0.29) is 13.3 Å². The number of aryl methyl sites for hydroxylation is 1. The lowest BCUT2D eigenvalue weighted by Gasteiger charge is -2.12. The van der Waals surface area contributed by atoms with Crippen molar-refractivity contribution in [3.05, 3.63) is 63.3 Å². The highest BCUT2D eigenvalue weighted by Gasteiger charge is 2.17. The van der Waals surface area contributed by atoms with Gasteiger partial charge < -0.3 is 14.8 Å². The molecule has 0 fully saturated rings. The summed E-state index contributed by atoms with van der Waals surface area (Å²) in [6.07, 6.45) is 0. The van der Waals surface area contributed by atoms with Crippen LogP contribution in [0.15, 0.2) is 52.1 Å². The number of nitrogens with one attached hydrogen (secondary N) is 1. The van der Waals surface area contributed by atoms with Crippen LogP contribution in [0, 0.1) is 0 Å². The lowest BCUT2D eigenvalue weighted by Crippen LogP contribution is -2.42. The van der Waals surface area contributed by atoms with E-state index >= 15 is 0 Å². The monoisotopic (exact) mass is 367 g/mol. The number of hydrogen-bond donors (Lipinski definition) is 1. The molecule has 4 rings (SSSR count). The van der Waals surface area contributed by atoms with Crippen LogP contribution in [0.3, 0.4) is 0 Å². The van der Waals surface area contributed by atoms with Gasteiger partial charge in [-0.25, -0.2) is 4.79 Å². The van der Waals surface area contributed by atoms with Crippen molar-refractivity contribution in [2.75, 3.05) is 12.1 Å². The maximum absolute atomic E-state index is 12.7. The molecular formula is C19H17N3O5. The summed E-state index contributed by atoms with van der Waals surface area (Å²) in [5, 5.41) is 3.08. The zero-order valence-electron chi connectivity index (χ0n) is 14.6. The van der Waals surface area contributed by atoms with Crippen LogP contribution < -0.4 is 26.0 Å². The summed E-state index contributed by atoms with van der Waals surface area (Å²) in [5.74, 6) is 0.652. The van der Waals surface area contributed by atoms with E-state index in [1.54, 1.807) is 42.5 Å². The number of benzene rings is 2. The maximum atomic E-state index is 12.7. The summed E-state index contributed by atoms with van der Waals surface area (Å²) < 4.78 is 12.9. The van der Waals surface area contributed by atoms with E-state index in [2.05, 4.69) is 5.32 Å². The second-order valence-electron chi connectivity index (χ2n) is 6.05. The topological polar surface area (TPSA) is 91.6 Å². The van der Waals surface area contributed by atoms with Crippen LogP contribution in [0.5, 0.6) is 11.5 Å². The minimum Gasteiger partial charge on any atom is -0.454 e. The fourth-order valence-corrected chi connectivity index (χ4v) is 3.13. The van der Waals surface area contributed by atoms with E-state index in [4.69, 9.17) is 9.47 Å². The second kappa shape index (κ2) is 6.64. The molecule has 0 saturated heterocycles. The third-order valence-corrected chi connectivity index (χ3v) is 4.41. The van der Waals surface area contributed by atoms with Gasteiger partial charge in [-0.1, -0.05) is 12.1 Å². The van der Waals surface area contributed by atoms with Gasteiger partial charge in [-0.15, -0.1) is 0 Å². The van der Waals surface area contributed by atoms with Crippen molar-refractivity contribution in [3.8, 4) is 11.5 Å². The van der Waals surface area contributed by atoms with Crippen molar-refractivity contribution in [3.63, 3.8) is 0 Å². The second-order valence-corrected chi connectivity index (χ2v) is 6.05. The van der Waals surface area contributed by atoms with Crippen LogP contribution in [0.4, 0.5) is 5.69 Å². The molecule has 0 aliphatic carbocycles. The van der Waals surface area contributed by atoms with E-state index in [0.29, 0.717) is 34.6 Å². The number of hydrogen-bond acceptors (Lipinski definition) is 5. The average Bonchev–Trinajstić information content (AvgIpc) is 3.13. The SMILES string of the molecule is CCn1c(=O)n(CC(=O)Nc2ccc3c(c2)OCO3)c(=O)c2ccccc21. The Hall–Kier alpha value is -3.55. The van der Waals surface area contributed by atoms with Crippen LogP contribution in [-0.4, -0.2) is 21.8 Å². The Labute approximate surface area is 153 Å². The molecule has 0 saturated carbocycles. The minimum absolute atomic E-state index is 0.135. The zero-order valence-corrected chi connectivity index (χ0v) is 14.6. The molecule has 1 aliphatic heterocycles. The fourth-order valence-electron chi connectivity index (χ4n) is 3.13. The van der Waals surface area contributed by atoms with Crippen molar-refractivity contribution < 1.29 is 14.3 Å². The molecule has 1 amide bonds. The van der Waals surface area contributed by atoms with Crippen LogP contribution in [0.25, 0.3) is 10.9 Å². The van der Waals surface area contributed by atoms with Gasteiger partial charge in [0.25, 0.3) is 5.56 Å². The van der Waals surface area contributed by atoms with Crippen molar-refractivity contribution >= 4 is 22.5 Å². The number of rotatable bonds is 4. The molecule has 27 heavy (non-hydrogen) atoms. The normalized spacial score (nSPS) is 12.3. The first kappa shape index (κ1) is 16.9. The lowest BCUT2D eigenvalue weighted by molar-refractivity contribution is -0.116. The molecule has 2 aromatic carbocycles. The predicted molar refractivity (Wildman–Crippen MR) is 99.3 cm³/mol. The van der Waals surface area contributed by atoms with Gasteiger partial charge in [-0.2, -0.15) is 0 Å². The van der Waals surface area contributed by atoms with E-state index < -0.39 is 17.2 Å². The zero-order chi connectivity index (χ0) is 19.0. The average molecular weight is 367 g/mol. The largest absolute Gasteiger partial charge is 0.454 e. The van der Waals surface area contributed by atoms with Crippen molar-refractivity contribution in [1.82, 2.24) is 9.13 Å². The highest BCUT2D eigenvalue weighted by atomic mass is 16.7. The number of carbonyl (C=O) groups excluding carboxylic acids is 1. The number of anilines is 1. The molecule has 0 unspecified atom stereocenters. The summed E-state index contributed by atoms with van der Waals surface area (Å²) in [5.41, 5.74) is 0.0551. The fraction of sp³-hybridized carbons (Fsp3) is 0.211. The Kier molecular flexibility index (Phi) is 4.15. The number of amides is 1. The molecule has 2 heterocycles. The van der Waals surface area contributed by atoms with Gasteiger partial charge in [0.15, 0.2) is 11.5 Å². The van der Waals surface area contributed by atoms with Gasteiger partial charge >= 0.3 is 5.69 Å². The third kappa shape index (κ3) is 2.95. The molecule has 0 spiro atoms. The summed E-state index contributed by atoms with van der Waals surface area (Å²) in [6, 6.07) is 11.8. The standard InChI is InChI=1S/C19H17N3O5/c1-2-21-14-6-4-3-5-13(14)18(24)22(19(21)25)10-17(23)20-12-7-8-15-16(9-12)27-11-26-15/h3-9H,2,10-11H2,1H3,(H,20,23). The molecule has 8 heteroatoms. The molecular weight excluding hydrogens is 350 g/mol. The smallest absolute Gasteiger partial charge is 0.331 e. The number of aromatic nitrogens is 2. The number of nitrogens with zero attached hydrogens (tertiary/aromatic N) is 2. The molecule has 3 aromatic rings. The van der Waals surface area contributed by atoms with Crippen molar-refractivity contribution in [2.24, 2.45) is 0 Å². The summed E-state index contributed by atoms with van der Waals surface area (Å²) in [7, 11) is 0. The van der Waals surface area contributed by atoms with E-state index in [9.17, 15) is 14.4 Å². The quantitative estimate of drug-likeness (QED) is 0.755. The first-order valence-corrected chi connectivity index (χ1v) is 8.50. The van der Waals surface area contributed by atoms with E-state index in [0.717, 1.165) is 4.57 Å². The molecule has 0 bridgehead atoms. The van der Waals surface area contributed by atoms with Crippen LogP contribution in [0.1, 0.15) is 6.92 Å². The Bertz CT molecular complexity index is 1160. The molecule has 0 radical (unpaired) electrons. The summed E-state index contributed by atoms with van der Waals surface area (Å²) >= 11 is 0. The van der Waals surface area contributed by atoms with Crippen LogP contribution >= 0.6 is 0 Å². The van der Waals surface area contributed by atoms with Crippen LogP contribution in [-0.2, 0) is 17.9 Å². The number of ether oxygens (including phenoxy) is 2. The van der Waals surface area contributed by atoms with E-state index in [1.807, 2.05) is 6.92 Å². The van der Waals surface area contributed by atoms with Gasteiger partial charge in [0.1, 0.15) is 6.54 Å². The summed E-state index contributed by atoms with van der Waals surface area (Å²) in [4.78, 5) is 37.8. The number of para-hydroxylation sites is 1. The predicted octanol–water partition coefficient (Wildman–Crippen LogP) is 1.55. The van der Waals surface area contributed by atoms with Gasteiger partial charge in [-0.05, 0) is 31.2 Å². The Balaban J connectivity index is 1.66. The molecule has 0 atom stereocenters. The van der Waals surface area contributed by atoms with E-state index in [1.165, 1.54) is 4.57 Å². The van der Waals surface area contributed by atoms with Crippen molar-refractivity contribution in [1.29, 1.82) is 0 Å². The van der Waals surface area contributed by atoms with Crippen molar-refractivity contribution in [2.45, 2.75) is 20.0 Å². The Morgan fingerprint density at radius 1 is 1.07 bits per heavy atom. The lowest BCUT2D eigenvalue weighted by atomic mass is 10.2. The van der Waals surface area contributed by atoms with Gasteiger partial charge in [-0.3, -0.25) is 18.7 Å². The molecule has 1 N–H and O–H groups in total. The highest BCUT2D eigenvalue weighted by molar-refractivity contribution is 5.91. The Morgan fingerprint density at radius 2 is 1.85 bits per heavy atom. The molecule has 138 valence electrons. The highest BCUT2D eigenvalue weighted by Crippen LogP contribution is 2.34. The minimum atomic E-state index is -0.512. The van der Waals surface area contributed by atoms with Crippen LogP contribution in [0.2, 0.25) is 0 Å². The third-order valence-electron chi connectivity index (χ3n) is 4.41. The maximum Gasteiger partial charge on any atom is 0.331 e. The first-order valence-electron chi connectivity index (χ1n) is 8.50. The number of carbonyl (C=O) groups is 1. The first-order chi connectivity index (χ1) is 13.1. The van der Waals surface area contributed by atoms with Gasteiger partial charge in [0.05, 0.1) is 10.9 Å². The Morgan fingerprint density at radius 3 is 2.67 bits per heavy atom. The number of fused-ring (bicyclic) bond motifs is 2. The molecule has 1 aliphatic rings. The van der Waals surface area contributed by atoms with Gasteiger partial charge in [0, 0.05) is 18.3 Å². The van der Waals surface area contributed by atoms with Gasteiger partial charge in [0.2, 0.25) is 12.7 Å². The summed E-state index contributed by atoms with van der Waals surface area (Å²) in [6.45, 7) is 1.96.